The number of methoxy groups -OCH3 is 1. The largest absolute Gasteiger partial charge is 0.343 e. The van der Waals surface area contributed by atoms with Crippen LogP contribution in [0.3, 0.4) is 0 Å². The van der Waals surface area contributed by atoms with Gasteiger partial charge in [-0.1, -0.05) is 22.0 Å². The summed E-state index contributed by atoms with van der Waals surface area (Å²) < 4.78 is 11.5. The van der Waals surface area contributed by atoms with E-state index in [1.165, 1.54) is 7.11 Å². The Labute approximate surface area is 104 Å². The summed E-state index contributed by atoms with van der Waals surface area (Å²) in [5.41, 5.74) is 0.606. The summed E-state index contributed by atoms with van der Waals surface area (Å²) in [6.07, 6.45) is 5.78. The van der Waals surface area contributed by atoms with Crippen molar-refractivity contribution in [2.45, 2.75) is 19.1 Å². The average molecular weight is 287 g/mol. The number of rotatable bonds is 5. The van der Waals surface area contributed by atoms with Crippen LogP contribution in [0, 0.1) is 0 Å². The molecule has 4 heteroatoms. The first-order valence-corrected chi connectivity index (χ1v) is 5.76. The van der Waals surface area contributed by atoms with Crippen molar-refractivity contribution in [3.8, 4) is 0 Å². The van der Waals surface area contributed by atoms with Crippen LogP contribution >= 0.6 is 15.9 Å². The van der Waals surface area contributed by atoms with Crippen LogP contribution in [0.15, 0.2) is 34.9 Å². The van der Waals surface area contributed by atoms with E-state index in [0.29, 0.717) is 18.6 Å². The molecule has 0 aromatic heterocycles. The molecule has 16 heavy (non-hydrogen) atoms. The molecule has 0 radical (unpaired) electrons. The molecule has 1 aliphatic carbocycles. The standard InChI is InChI=1S/C12H15BrO3/c1-4-5-6-16-12(15-3)8-10(13)7-9(2)11(12)14/h4,7-8H,1,5-6H2,2-3H3. The maximum absolute atomic E-state index is 12.0. The first-order chi connectivity index (χ1) is 7.55. The van der Waals surface area contributed by atoms with Crippen LogP contribution in [0.4, 0.5) is 0 Å². The number of carbonyl (C=O) groups excluding carboxylic acids is 1. The van der Waals surface area contributed by atoms with Gasteiger partial charge in [0.05, 0.1) is 6.61 Å². The second kappa shape index (κ2) is 5.57. The lowest BCUT2D eigenvalue weighted by Gasteiger charge is -2.30. The summed E-state index contributed by atoms with van der Waals surface area (Å²) in [6, 6.07) is 0. The van der Waals surface area contributed by atoms with Crippen molar-refractivity contribution in [2.75, 3.05) is 13.7 Å². The zero-order chi connectivity index (χ0) is 12.2. The van der Waals surface area contributed by atoms with Gasteiger partial charge in [-0.3, -0.25) is 4.79 Å². The van der Waals surface area contributed by atoms with E-state index in [9.17, 15) is 4.79 Å². The zero-order valence-electron chi connectivity index (χ0n) is 9.46. The van der Waals surface area contributed by atoms with Gasteiger partial charge in [0.2, 0.25) is 5.78 Å². The first kappa shape index (κ1) is 13.4. The van der Waals surface area contributed by atoms with Crippen LogP contribution in [0.25, 0.3) is 0 Å². The molecule has 0 saturated heterocycles. The molecule has 1 rings (SSSR count). The predicted molar refractivity (Wildman–Crippen MR) is 66.3 cm³/mol. The molecule has 3 nitrogen and oxygen atoms in total. The summed E-state index contributed by atoms with van der Waals surface area (Å²) in [7, 11) is 1.46. The molecule has 0 amide bonds. The molecule has 88 valence electrons. The molecule has 0 saturated carbocycles. The third-order valence-corrected chi connectivity index (χ3v) is 2.76. The molecule has 0 fully saturated rings. The van der Waals surface area contributed by atoms with Gasteiger partial charge in [0.15, 0.2) is 0 Å². The summed E-state index contributed by atoms with van der Waals surface area (Å²) in [5.74, 6) is -1.46. The normalized spacial score (nSPS) is 25.1. The topological polar surface area (TPSA) is 35.5 Å². The molecule has 0 spiro atoms. The molecule has 0 aromatic rings. The molecule has 1 unspecified atom stereocenters. The van der Waals surface area contributed by atoms with Crippen LogP contribution in [-0.2, 0) is 14.3 Å². The van der Waals surface area contributed by atoms with Crippen molar-refractivity contribution < 1.29 is 14.3 Å². The van der Waals surface area contributed by atoms with Crippen LogP contribution in [0.2, 0.25) is 0 Å². The summed E-state index contributed by atoms with van der Waals surface area (Å²) >= 11 is 3.33. The fraction of sp³-hybridized carbons (Fsp3) is 0.417. The van der Waals surface area contributed by atoms with Crippen molar-refractivity contribution >= 4 is 21.7 Å². The third-order valence-electron chi connectivity index (χ3n) is 2.30. The Kier molecular flexibility index (Phi) is 4.65. The fourth-order valence-electron chi connectivity index (χ4n) is 1.45. The van der Waals surface area contributed by atoms with E-state index in [4.69, 9.17) is 9.47 Å². The van der Waals surface area contributed by atoms with Gasteiger partial charge < -0.3 is 9.47 Å². The number of allylic oxidation sites excluding steroid dienone is 2. The van der Waals surface area contributed by atoms with Gasteiger partial charge in [0.25, 0.3) is 5.79 Å². The number of ketones is 1. The smallest absolute Gasteiger partial charge is 0.254 e. The SMILES string of the molecule is C=CCCOC1(OC)C=C(Br)C=C(C)C1=O. The van der Waals surface area contributed by atoms with Crippen LogP contribution in [0.1, 0.15) is 13.3 Å². The van der Waals surface area contributed by atoms with Crippen molar-refractivity contribution in [2.24, 2.45) is 0 Å². The molecule has 1 atom stereocenters. The number of carbonyl (C=O) groups is 1. The third kappa shape index (κ3) is 2.70. The Morgan fingerprint density at radius 1 is 1.62 bits per heavy atom. The molecule has 0 heterocycles. The van der Waals surface area contributed by atoms with E-state index in [1.54, 1.807) is 25.2 Å². The first-order valence-electron chi connectivity index (χ1n) is 4.97. The van der Waals surface area contributed by atoms with E-state index in [2.05, 4.69) is 22.5 Å². The average Bonchev–Trinajstić information content (AvgIpc) is 2.25. The lowest BCUT2D eigenvalue weighted by atomic mass is 9.99. The lowest BCUT2D eigenvalue weighted by Crippen LogP contribution is -2.44. The van der Waals surface area contributed by atoms with Gasteiger partial charge in [-0.05, 0) is 31.1 Å². The van der Waals surface area contributed by atoms with E-state index in [0.717, 1.165) is 4.48 Å². The van der Waals surface area contributed by atoms with Crippen molar-refractivity contribution in [3.05, 3.63) is 34.9 Å². The monoisotopic (exact) mass is 286 g/mol. The predicted octanol–water partition coefficient (Wildman–Crippen LogP) is 2.73. The molecular weight excluding hydrogens is 272 g/mol. The number of hydrogen-bond acceptors (Lipinski definition) is 3. The molecule has 0 bridgehead atoms. The Hall–Kier alpha value is -0.710. The maximum Gasteiger partial charge on any atom is 0.254 e. The second-order valence-electron chi connectivity index (χ2n) is 3.48. The molecular formula is C12H15BrO3. The Bertz CT molecular complexity index is 357. The molecule has 0 N–H and O–H groups in total. The lowest BCUT2D eigenvalue weighted by molar-refractivity contribution is -0.192. The van der Waals surface area contributed by atoms with Crippen LogP contribution < -0.4 is 0 Å². The quantitative estimate of drug-likeness (QED) is 0.443. The molecule has 0 aromatic carbocycles. The number of hydrogen-bond donors (Lipinski definition) is 0. The second-order valence-corrected chi connectivity index (χ2v) is 4.40. The van der Waals surface area contributed by atoms with E-state index >= 15 is 0 Å². The van der Waals surface area contributed by atoms with Crippen molar-refractivity contribution in [3.63, 3.8) is 0 Å². The number of Topliss-reactive ketones (excluding diaryl/α,β-unsaturated/α-hetero) is 1. The van der Waals surface area contributed by atoms with Gasteiger partial charge in [0, 0.05) is 11.6 Å². The summed E-state index contributed by atoms with van der Waals surface area (Å²) in [5, 5.41) is 0. The summed E-state index contributed by atoms with van der Waals surface area (Å²) in [4.78, 5) is 12.0. The number of halogens is 1. The van der Waals surface area contributed by atoms with Gasteiger partial charge in [-0.15, -0.1) is 6.58 Å². The minimum atomic E-state index is -1.29. The van der Waals surface area contributed by atoms with Crippen molar-refractivity contribution in [1.82, 2.24) is 0 Å². The summed E-state index contributed by atoms with van der Waals surface area (Å²) in [6.45, 7) is 5.73. The highest BCUT2D eigenvalue weighted by molar-refractivity contribution is 9.11. The van der Waals surface area contributed by atoms with Crippen molar-refractivity contribution in [1.29, 1.82) is 0 Å². The van der Waals surface area contributed by atoms with E-state index in [1.807, 2.05) is 0 Å². The highest BCUT2D eigenvalue weighted by Gasteiger charge is 2.40. The van der Waals surface area contributed by atoms with Crippen LogP contribution in [0.5, 0.6) is 0 Å². The van der Waals surface area contributed by atoms with E-state index < -0.39 is 5.79 Å². The Morgan fingerprint density at radius 3 is 2.88 bits per heavy atom. The van der Waals surface area contributed by atoms with E-state index in [-0.39, 0.29) is 5.78 Å². The Balaban J connectivity index is 2.90. The minimum Gasteiger partial charge on any atom is -0.343 e. The maximum atomic E-state index is 12.0. The fourth-order valence-corrected chi connectivity index (χ4v) is 2.09. The molecule has 1 aliphatic rings. The van der Waals surface area contributed by atoms with Gasteiger partial charge >= 0.3 is 0 Å². The van der Waals surface area contributed by atoms with Gasteiger partial charge in [-0.25, -0.2) is 0 Å². The van der Waals surface area contributed by atoms with Crippen LogP contribution in [-0.4, -0.2) is 25.3 Å². The highest BCUT2D eigenvalue weighted by Crippen LogP contribution is 2.29. The van der Waals surface area contributed by atoms with Gasteiger partial charge in [0.1, 0.15) is 0 Å². The van der Waals surface area contributed by atoms with Gasteiger partial charge in [-0.2, -0.15) is 0 Å². The minimum absolute atomic E-state index is 0.165. The molecule has 0 aliphatic heterocycles. The Morgan fingerprint density at radius 2 is 2.31 bits per heavy atom. The zero-order valence-corrected chi connectivity index (χ0v) is 11.0. The highest BCUT2D eigenvalue weighted by atomic mass is 79.9. The number of ether oxygens (including phenoxy) is 2.